The average Bonchev–Trinajstić information content (AvgIpc) is 2.56. The predicted molar refractivity (Wildman–Crippen MR) is 103 cm³/mol. The van der Waals surface area contributed by atoms with E-state index in [-0.39, 0.29) is 5.92 Å². The number of carbonyl (C=O) groups is 1. The van der Waals surface area contributed by atoms with E-state index in [1.54, 1.807) is 0 Å². The number of nitrogens with one attached hydrogen (secondary N) is 1. The average molecular weight is 440 g/mol. The molecular weight excluding hydrogens is 419 g/mol. The molecule has 0 aliphatic heterocycles. The fraction of sp³-hybridized carbons (Fsp3) is 0.333. The lowest BCUT2D eigenvalue weighted by molar-refractivity contribution is 0.152. The van der Waals surface area contributed by atoms with Crippen LogP contribution in [0.5, 0.6) is 0 Å². The summed E-state index contributed by atoms with van der Waals surface area (Å²) in [4.78, 5) is 16.6. The molecule has 1 aromatic carbocycles. The van der Waals surface area contributed by atoms with Crippen molar-refractivity contribution in [2.75, 3.05) is 6.61 Å². The van der Waals surface area contributed by atoms with Crippen molar-refractivity contribution in [3.63, 3.8) is 0 Å². The van der Waals surface area contributed by atoms with Gasteiger partial charge >= 0.3 is 6.09 Å². The summed E-state index contributed by atoms with van der Waals surface area (Å²) in [7, 11) is 0. The molecule has 1 aromatic rings. The van der Waals surface area contributed by atoms with Crippen LogP contribution in [0.3, 0.4) is 0 Å². The minimum Gasteiger partial charge on any atom is -0.498 e. The van der Waals surface area contributed by atoms with Crippen LogP contribution in [0, 0.1) is 9.49 Å². The predicted octanol–water partition coefficient (Wildman–Crippen LogP) is 4.59. The Labute approximate surface area is 155 Å². The molecule has 0 aromatic heterocycles. The van der Waals surface area contributed by atoms with Crippen molar-refractivity contribution < 1.29 is 14.4 Å². The van der Waals surface area contributed by atoms with Gasteiger partial charge in [0.05, 0.1) is 18.6 Å². The van der Waals surface area contributed by atoms with Crippen molar-refractivity contribution >= 4 is 34.9 Å². The molecule has 1 amide bonds. The van der Waals surface area contributed by atoms with E-state index in [1.807, 2.05) is 36.4 Å². The highest BCUT2D eigenvalue weighted by atomic mass is 127. The maximum absolute atomic E-state index is 11.8. The van der Waals surface area contributed by atoms with Crippen LogP contribution < -0.4 is 5.32 Å². The third-order valence-corrected chi connectivity index (χ3v) is 4.12. The number of hydrogen-bond acceptors (Lipinski definition) is 4. The molecule has 24 heavy (non-hydrogen) atoms. The molecule has 0 radical (unpaired) electrons. The molecule has 1 aliphatic rings. The summed E-state index contributed by atoms with van der Waals surface area (Å²) in [6.45, 7) is 4.85. The smallest absolute Gasteiger partial charge is 0.437 e. The van der Waals surface area contributed by atoms with E-state index in [2.05, 4.69) is 46.9 Å². The van der Waals surface area contributed by atoms with Crippen LogP contribution in [0.1, 0.15) is 32.3 Å². The summed E-state index contributed by atoms with van der Waals surface area (Å²) >= 11 is 2.23. The standard InChI is InChI=1S/C18H21IN2O3/c1-3-10-23-17-9-8-16(11-13(17)2)21-18(22)24-20-12-14-4-6-15(19)7-5-14/h4-9,12-13H,3,10-11H2,1-2H3,(H,21,22)/b20-12+. The first-order valence-corrected chi connectivity index (χ1v) is 8.97. The van der Waals surface area contributed by atoms with E-state index < -0.39 is 6.09 Å². The zero-order chi connectivity index (χ0) is 17.4. The first kappa shape index (κ1) is 18.5. The Morgan fingerprint density at radius 2 is 2.12 bits per heavy atom. The van der Waals surface area contributed by atoms with Crippen molar-refractivity contribution in [3.05, 3.63) is 57.0 Å². The maximum atomic E-state index is 11.8. The van der Waals surface area contributed by atoms with Gasteiger partial charge in [0.2, 0.25) is 0 Å². The fourth-order valence-electron chi connectivity index (χ4n) is 2.19. The lowest BCUT2D eigenvalue weighted by Crippen LogP contribution is -2.25. The zero-order valence-corrected chi connectivity index (χ0v) is 15.9. The Morgan fingerprint density at radius 3 is 2.79 bits per heavy atom. The molecule has 1 unspecified atom stereocenters. The number of carbonyl (C=O) groups excluding carboxylic acids is 1. The minimum atomic E-state index is -0.596. The molecule has 2 rings (SSSR count). The molecule has 1 atom stereocenters. The number of benzene rings is 1. The van der Waals surface area contributed by atoms with Gasteiger partial charge in [-0.1, -0.05) is 31.1 Å². The first-order chi connectivity index (χ1) is 11.6. The summed E-state index contributed by atoms with van der Waals surface area (Å²) in [6.07, 6.45) is 6.32. The molecule has 0 saturated carbocycles. The van der Waals surface area contributed by atoms with Gasteiger partial charge in [0.1, 0.15) is 0 Å². The summed E-state index contributed by atoms with van der Waals surface area (Å²) in [5.74, 6) is 1.18. The molecule has 5 nitrogen and oxygen atoms in total. The van der Waals surface area contributed by atoms with Crippen LogP contribution in [-0.4, -0.2) is 18.9 Å². The highest BCUT2D eigenvalue weighted by molar-refractivity contribution is 14.1. The Kier molecular flexibility index (Phi) is 7.30. The van der Waals surface area contributed by atoms with E-state index >= 15 is 0 Å². The second kappa shape index (κ2) is 9.46. The van der Waals surface area contributed by atoms with E-state index in [9.17, 15) is 4.79 Å². The molecule has 0 saturated heterocycles. The maximum Gasteiger partial charge on any atom is 0.437 e. The molecule has 0 spiro atoms. The number of amides is 1. The summed E-state index contributed by atoms with van der Waals surface area (Å²) in [5.41, 5.74) is 1.66. The van der Waals surface area contributed by atoms with E-state index in [0.29, 0.717) is 13.0 Å². The summed E-state index contributed by atoms with van der Waals surface area (Å²) < 4.78 is 6.80. The quantitative estimate of drug-likeness (QED) is 0.305. The lowest BCUT2D eigenvalue weighted by Gasteiger charge is -2.21. The summed E-state index contributed by atoms with van der Waals surface area (Å²) in [6, 6.07) is 7.72. The number of rotatable bonds is 6. The molecule has 0 fully saturated rings. The fourth-order valence-corrected chi connectivity index (χ4v) is 2.55. The van der Waals surface area contributed by atoms with Crippen molar-refractivity contribution in [1.29, 1.82) is 0 Å². The Bertz CT molecular complexity index is 651. The molecule has 1 N–H and O–H groups in total. The number of oxime groups is 1. The van der Waals surface area contributed by atoms with Gasteiger partial charge in [-0.15, -0.1) is 0 Å². The first-order valence-electron chi connectivity index (χ1n) is 7.89. The lowest BCUT2D eigenvalue weighted by atomic mass is 9.98. The number of nitrogens with zero attached hydrogens (tertiary/aromatic N) is 1. The van der Waals surface area contributed by atoms with Gasteiger partial charge in [0.25, 0.3) is 0 Å². The molecule has 6 heteroatoms. The van der Waals surface area contributed by atoms with Crippen LogP contribution in [0.25, 0.3) is 0 Å². The molecule has 0 bridgehead atoms. The van der Waals surface area contributed by atoms with Crippen molar-refractivity contribution in [2.45, 2.75) is 26.7 Å². The number of allylic oxidation sites excluding steroid dienone is 4. The second-order valence-corrected chi connectivity index (χ2v) is 6.75. The topological polar surface area (TPSA) is 59.9 Å². The SMILES string of the molecule is CCCOC1=CC=C(NC(=O)O/N=C/c2ccc(I)cc2)CC1C. The third-order valence-electron chi connectivity index (χ3n) is 3.40. The van der Waals surface area contributed by atoms with Crippen molar-refractivity contribution in [2.24, 2.45) is 11.1 Å². The monoisotopic (exact) mass is 440 g/mol. The zero-order valence-electron chi connectivity index (χ0n) is 13.8. The number of ether oxygens (including phenoxy) is 1. The van der Waals surface area contributed by atoms with E-state index in [1.165, 1.54) is 6.21 Å². The van der Waals surface area contributed by atoms with Crippen LogP contribution in [0.2, 0.25) is 0 Å². The van der Waals surface area contributed by atoms with Crippen LogP contribution in [0.4, 0.5) is 4.79 Å². The largest absolute Gasteiger partial charge is 0.498 e. The van der Waals surface area contributed by atoms with Gasteiger partial charge in [0.15, 0.2) is 0 Å². The Morgan fingerprint density at radius 1 is 1.38 bits per heavy atom. The Hall–Kier alpha value is -1.83. The van der Waals surface area contributed by atoms with E-state index in [4.69, 9.17) is 9.57 Å². The highest BCUT2D eigenvalue weighted by Gasteiger charge is 2.18. The van der Waals surface area contributed by atoms with Crippen LogP contribution in [-0.2, 0) is 9.57 Å². The van der Waals surface area contributed by atoms with Gasteiger partial charge in [-0.3, -0.25) is 10.2 Å². The van der Waals surface area contributed by atoms with Gasteiger partial charge in [-0.25, -0.2) is 4.79 Å². The molecular formula is C18H21IN2O3. The van der Waals surface area contributed by atoms with Gasteiger partial charge in [-0.2, -0.15) is 0 Å². The van der Waals surface area contributed by atoms with Gasteiger partial charge in [-0.05, 0) is 65.3 Å². The van der Waals surface area contributed by atoms with Crippen LogP contribution >= 0.6 is 22.6 Å². The molecule has 128 valence electrons. The normalized spacial score (nSPS) is 17.2. The highest BCUT2D eigenvalue weighted by Crippen LogP contribution is 2.24. The minimum absolute atomic E-state index is 0.229. The van der Waals surface area contributed by atoms with Crippen LogP contribution in [0.15, 0.2) is 53.0 Å². The molecule has 0 heterocycles. The number of hydrogen-bond donors (Lipinski definition) is 1. The van der Waals surface area contributed by atoms with E-state index in [0.717, 1.165) is 27.0 Å². The molecule has 1 aliphatic carbocycles. The van der Waals surface area contributed by atoms with Gasteiger partial charge < -0.3 is 4.74 Å². The summed E-state index contributed by atoms with van der Waals surface area (Å²) in [5, 5.41) is 6.41. The van der Waals surface area contributed by atoms with Crippen molar-refractivity contribution in [1.82, 2.24) is 5.32 Å². The number of halogens is 1. The third kappa shape index (κ3) is 5.99. The van der Waals surface area contributed by atoms with Crippen molar-refractivity contribution in [3.8, 4) is 0 Å². The Balaban J connectivity index is 1.83. The second-order valence-electron chi connectivity index (χ2n) is 5.50. The van der Waals surface area contributed by atoms with Gasteiger partial charge in [0, 0.05) is 15.2 Å².